The summed E-state index contributed by atoms with van der Waals surface area (Å²) in [5.41, 5.74) is 2.44. The molecule has 1 amide bonds. The first-order valence-corrected chi connectivity index (χ1v) is 8.15. The second-order valence-corrected chi connectivity index (χ2v) is 6.89. The molecule has 106 valence electrons. The summed E-state index contributed by atoms with van der Waals surface area (Å²) < 4.78 is 1.70. The summed E-state index contributed by atoms with van der Waals surface area (Å²) in [5.74, 6) is -0.185. The lowest BCUT2D eigenvalue weighted by molar-refractivity contribution is 0.102. The second-order valence-electron chi connectivity index (χ2n) is 4.57. The van der Waals surface area contributed by atoms with Crippen molar-refractivity contribution < 1.29 is 4.79 Å². The van der Waals surface area contributed by atoms with Gasteiger partial charge in [0.1, 0.15) is 0 Å². The fourth-order valence-corrected chi connectivity index (χ4v) is 3.49. The van der Waals surface area contributed by atoms with Crippen molar-refractivity contribution in [1.82, 2.24) is 4.98 Å². The molecule has 0 saturated heterocycles. The molecule has 3 nitrogen and oxygen atoms in total. The highest BCUT2D eigenvalue weighted by Crippen LogP contribution is 2.29. The van der Waals surface area contributed by atoms with Gasteiger partial charge in [0.15, 0.2) is 5.13 Å². The molecular weight excluding hydrogens is 372 g/mol. The highest BCUT2D eigenvalue weighted by atomic mass is 79.9. The lowest BCUT2D eigenvalue weighted by Gasteiger charge is -2.05. The van der Waals surface area contributed by atoms with E-state index in [-0.39, 0.29) is 5.91 Å². The monoisotopic (exact) mass is 380 g/mol. The summed E-state index contributed by atoms with van der Waals surface area (Å²) in [7, 11) is 0. The van der Waals surface area contributed by atoms with Crippen molar-refractivity contribution >= 4 is 60.1 Å². The SMILES string of the molecule is Cc1ccc(Br)c(C(=O)Nc2nc3ccc(Cl)cc3s2)c1. The lowest BCUT2D eigenvalue weighted by Crippen LogP contribution is -2.12. The van der Waals surface area contributed by atoms with Crippen LogP contribution in [0.5, 0.6) is 0 Å². The predicted molar refractivity (Wildman–Crippen MR) is 91.5 cm³/mol. The van der Waals surface area contributed by atoms with Gasteiger partial charge in [0.25, 0.3) is 5.91 Å². The van der Waals surface area contributed by atoms with E-state index in [1.165, 1.54) is 11.3 Å². The first-order valence-electron chi connectivity index (χ1n) is 6.16. The number of amides is 1. The van der Waals surface area contributed by atoms with Crippen LogP contribution in [0.25, 0.3) is 10.2 Å². The molecule has 2 aromatic carbocycles. The molecule has 3 aromatic rings. The van der Waals surface area contributed by atoms with Crippen LogP contribution in [0, 0.1) is 6.92 Å². The molecule has 3 rings (SSSR count). The van der Waals surface area contributed by atoms with E-state index in [0.29, 0.717) is 15.7 Å². The van der Waals surface area contributed by atoms with Gasteiger partial charge in [0, 0.05) is 9.50 Å². The topological polar surface area (TPSA) is 42.0 Å². The largest absolute Gasteiger partial charge is 0.298 e. The van der Waals surface area contributed by atoms with E-state index < -0.39 is 0 Å². The number of aromatic nitrogens is 1. The normalized spacial score (nSPS) is 10.8. The Morgan fingerprint density at radius 1 is 1.29 bits per heavy atom. The summed E-state index contributed by atoms with van der Waals surface area (Å²) in [6.07, 6.45) is 0. The van der Waals surface area contributed by atoms with Crippen molar-refractivity contribution in [3.63, 3.8) is 0 Å². The molecule has 0 aliphatic heterocycles. The molecule has 0 aliphatic rings. The maximum absolute atomic E-state index is 12.3. The quantitative estimate of drug-likeness (QED) is 0.657. The Morgan fingerprint density at radius 2 is 2.10 bits per heavy atom. The number of benzene rings is 2. The number of thiazole rings is 1. The van der Waals surface area contributed by atoms with Gasteiger partial charge in [0.2, 0.25) is 0 Å². The molecule has 1 aromatic heterocycles. The number of carbonyl (C=O) groups excluding carboxylic acids is 1. The second kappa shape index (κ2) is 5.75. The Hall–Kier alpha value is -1.43. The zero-order chi connectivity index (χ0) is 15.0. The summed E-state index contributed by atoms with van der Waals surface area (Å²) >= 11 is 10.7. The van der Waals surface area contributed by atoms with E-state index >= 15 is 0 Å². The van der Waals surface area contributed by atoms with Gasteiger partial charge in [-0.2, -0.15) is 0 Å². The van der Waals surface area contributed by atoms with Gasteiger partial charge in [-0.15, -0.1) is 0 Å². The van der Waals surface area contributed by atoms with Gasteiger partial charge in [-0.1, -0.05) is 34.6 Å². The van der Waals surface area contributed by atoms with E-state index in [4.69, 9.17) is 11.6 Å². The molecule has 1 N–H and O–H groups in total. The third-order valence-corrected chi connectivity index (χ3v) is 4.80. The van der Waals surface area contributed by atoms with Crippen LogP contribution in [0.3, 0.4) is 0 Å². The molecule has 0 aliphatic carbocycles. The molecule has 0 spiro atoms. The van der Waals surface area contributed by atoms with Crippen molar-refractivity contribution in [3.05, 3.63) is 57.0 Å². The Labute approximate surface area is 139 Å². The number of nitrogens with zero attached hydrogens (tertiary/aromatic N) is 1. The van der Waals surface area contributed by atoms with Crippen molar-refractivity contribution in [3.8, 4) is 0 Å². The number of carbonyl (C=O) groups is 1. The van der Waals surface area contributed by atoms with Gasteiger partial charge in [-0.3, -0.25) is 10.1 Å². The molecule has 6 heteroatoms. The summed E-state index contributed by atoms with van der Waals surface area (Å²) in [4.78, 5) is 16.7. The zero-order valence-corrected chi connectivity index (χ0v) is 14.1. The first-order chi connectivity index (χ1) is 10.0. The smallest absolute Gasteiger partial charge is 0.258 e. The van der Waals surface area contributed by atoms with E-state index in [1.807, 2.05) is 37.3 Å². The predicted octanol–water partition coefficient (Wildman–Crippen LogP) is 5.27. The van der Waals surface area contributed by atoms with Crippen molar-refractivity contribution in [2.24, 2.45) is 0 Å². The van der Waals surface area contributed by atoms with Crippen LogP contribution in [0.4, 0.5) is 5.13 Å². The van der Waals surface area contributed by atoms with Crippen molar-refractivity contribution in [2.45, 2.75) is 6.92 Å². The van der Waals surface area contributed by atoms with Crippen molar-refractivity contribution in [1.29, 1.82) is 0 Å². The van der Waals surface area contributed by atoms with Crippen LogP contribution in [-0.4, -0.2) is 10.9 Å². The van der Waals surface area contributed by atoms with Crippen LogP contribution < -0.4 is 5.32 Å². The van der Waals surface area contributed by atoms with Gasteiger partial charge >= 0.3 is 0 Å². The fraction of sp³-hybridized carbons (Fsp3) is 0.0667. The standard InChI is InChI=1S/C15H10BrClN2OS/c1-8-2-4-11(16)10(6-8)14(20)19-15-18-12-5-3-9(17)7-13(12)21-15/h2-7H,1H3,(H,18,19,20). The number of hydrogen-bond donors (Lipinski definition) is 1. The summed E-state index contributed by atoms with van der Waals surface area (Å²) in [6.45, 7) is 1.95. The zero-order valence-electron chi connectivity index (χ0n) is 11.0. The number of fused-ring (bicyclic) bond motifs is 1. The van der Waals surface area contributed by atoms with Gasteiger partial charge < -0.3 is 0 Å². The number of nitrogens with one attached hydrogen (secondary N) is 1. The summed E-state index contributed by atoms with van der Waals surface area (Å²) in [6, 6.07) is 11.1. The minimum absolute atomic E-state index is 0.185. The van der Waals surface area contributed by atoms with Crippen molar-refractivity contribution in [2.75, 3.05) is 5.32 Å². The number of hydrogen-bond acceptors (Lipinski definition) is 3. The highest BCUT2D eigenvalue weighted by Gasteiger charge is 2.13. The van der Waals surface area contributed by atoms with Gasteiger partial charge in [0.05, 0.1) is 15.8 Å². The van der Waals surface area contributed by atoms with Gasteiger partial charge in [-0.25, -0.2) is 4.98 Å². The minimum Gasteiger partial charge on any atom is -0.298 e. The maximum Gasteiger partial charge on any atom is 0.258 e. The van der Waals surface area contributed by atoms with Crippen LogP contribution in [0.1, 0.15) is 15.9 Å². The number of rotatable bonds is 2. The average molecular weight is 382 g/mol. The molecule has 1 heterocycles. The Balaban J connectivity index is 1.90. The maximum atomic E-state index is 12.3. The number of aryl methyl sites for hydroxylation is 1. The number of halogens is 2. The Kier molecular flexibility index (Phi) is 3.97. The van der Waals surface area contributed by atoms with Crippen LogP contribution in [0.2, 0.25) is 5.02 Å². The molecule has 21 heavy (non-hydrogen) atoms. The molecule has 0 bridgehead atoms. The third-order valence-electron chi connectivity index (χ3n) is 2.94. The van der Waals surface area contributed by atoms with Gasteiger partial charge in [-0.05, 0) is 53.2 Å². The highest BCUT2D eigenvalue weighted by molar-refractivity contribution is 9.10. The van der Waals surface area contributed by atoms with E-state index in [2.05, 4.69) is 26.2 Å². The van der Waals surface area contributed by atoms with Crippen LogP contribution in [0.15, 0.2) is 40.9 Å². The molecular formula is C15H10BrClN2OS. The summed E-state index contributed by atoms with van der Waals surface area (Å²) in [5, 5.41) is 4.05. The molecule has 0 radical (unpaired) electrons. The molecule has 0 fully saturated rings. The van der Waals surface area contributed by atoms with Crippen LogP contribution in [-0.2, 0) is 0 Å². The Bertz CT molecular complexity index is 847. The van der Waals surface area contributed by atoms with Crippen LogP contribution >= 0.6 is 38.9 Å². The average Bonchev–Trinajstić information content (AvgIpc) is 2.82. The number of anilines is 1. The lowest BCUT2D eigenvalue weighted by atomic mass is 10.1. The van der Waals surface area contributed by atoms with E-state index in [1.54, 1.807) is 6.07 Å². The van der Waals surface area contributed by atoms with E-state index in [9.17, 15) is 4.79 Å². The fourth-order valence-electron chi connectivity index (χ4n) is 1.93. The molecule has 0 unspecified atom stereocenters. The molecule has 0 saturated carbocycles. The third kappa shape index (κ3) is 3.10. The Morgan fingerprint density at radius 3 is 2.90 bits per heavy atom. The minimum atomic E-state index is -0.185. The first kappa shape index (κ1) is 14.5. The molecule has 0 atom stereocenters. The van der Waals surface area contributed by atoms with E-state index in [0.717, 1.165) is 20.3 Å².